The molecule has 1 aliphatic heterocycles. The molecule has 0 aliphatic carbocycles. The number of fused-ring (bicyclic) bond motifs is 1. The van der Waals surface area contributed by atoms with Gasteiger partial charge in [0, 0.05) is 24.5 Å². The summed E-state index contributed by atoms with van der Waals surface area (Å²) >= 11 is 1.69. The molecule has 0 radical (unpaired) electrons. The third-order valence-electron chi connectivity index (χ3n) is 6.38. The number of nitrogens with zero attached hydrogens (tertiary/aromatic N) is 2. The quantitative estimate of drug-likeness (QED) is 0.350. The van der Waals surface area contributed by atoms with Crippen molar-refractivity contribution < 1.29 is 23.8 Å². The Kier molecular flexibility index (Phi) is 9.33. The largest absolute Gasteiger partial charge is 0.491 e. The normalized spacial score (nSPS) is 15.8. The maximum Gasteiger partial charge on any atom is 0.237 e. The van der Waals surface area contributed by atoms with E-state index < -0.39 is 6.10 Å². The third kappa shape index (κ3) is 7.19. The third-order valence-corrected chi connectivity index (χ3v) is 7.37. The van der Waals surface area contributed by atoms with Crippen molar-refractivity contribution in [3.63, 3.8) is 0 Å². The highest BCUT2D eigenvalue weighted by molar-refractivity contribution is 7.10. The minimum Gasteiger partial charge on any atom is -0.491 e. The number of thiophene rings is 1. The number of ether oxygens (including phenoxy) is 2. The summed E-state index contributed by atoms with van der Waals surface area (Å²) in [5.74, 6) is 0.923. The van der Waals surface area contributed by atoms with E-state index in [-0.39, 0.29) is 44.1 Å². The second-order valence-electron chi connectivity index (χ2n) is 9.13. The first-order valence-electron chi connectivity index (χ1n) is 12.4. The topological polar surface area (TPSA) is 62.2 Å². The second kappa shape index (κ2) is 12.9. The van der Waals surface area contributed by atoms with Gasteiger partial charge in [-0.3, -0.25) is 9.69 Å². The number of benzene rings is 2. The number of amides is 1. The van der Waals surface area contributed by atoms with Gasteiger partial charge in [0.25, 0.3) is 0 Å². The Morgan fingerprint density at radius 3 is 2.78 bits per heavy atom. The smallest absolute Gasteiger partial charge is 0.237 e. The Bertz CT molecular complexity index is 1180. The van der Waals surface area contributed by atoms with Crippen LogP contribution in [0.1, 0.15) is 22.0 Å². The van der Waals surface area contributed by atoms with Crippen molar-refractivity contribution in [1.82, 2.24) is 9.80 Å². The minimum absolute atomic E-state index is 0.0431. The number of aliphatic hydroxyl groups excluding tert-OH is 1. The monoisotopic (exact) mass is 524 g/mol. The van der Waals surface area contributed by atoms with Crippen LogP contribution in [0.3, 0.4) is 0 Å². The van der Waals surface area contributed by atoms with Gasteiger partial charge >= 0.3 is 0 Å². The van der Waals surface area contributed by atoms with Crippen molar-refractivity contribution >= 4 is 17.2 Å². The summed E-state index contributed by atoms with van der Waals surface area (Å²) in [4.78, 5) is 18.5. The summed E-state index contributed by atoms with van der Waals surface area (Å²) in [7, 11) is 0. The standard InChI is InChI=1S/C29H33FN2O4S/c1-3-14-31(17-23(33)19-36-27-7-5-4-6-21(27)2)18-29(34)32-15-12-28-25(13-16-37-28)26(32)20-35-24-10-8-22(30)9-11-24/h3-11,13,16,23,26,33H,1,12,14-15,17-20H2,2H3. The lowest BCUT2D eigenvalue weighted by Crippen LogP contribution is -2.48. The Labute approximate surface area is 221 Å². The molecule has 0 fully saturated rings. The minimum atomic E-state index is -0.769. The predicted octanol–water partition coefficient (Wildman–Crippen LogP) is 4.63. The molecule has 0 spiro atoms. The molecule has 6 nitrogen and oxygen atoms in total. The van der Waals surface area contributed by atoms with Crippen LogP contribution in [0.25, 0.3) is 0 Å². The Balaban J connectivity index is 1.39. The fraction of sp³-hybridized carbons (Fsp3) is 0.345. The van der Waals surface area contributed by atoms with E-state index >= 15 is 0 Å². The highest BCUT2D eigenvalue weighted by Gasteiger charge is 2.33. The highest BCUT2D eigenvalue weighted by atomic mass is 32.1. The summed E-state index contributed by atoms with van der Waals surface area (Å²) < 4.78 is 25.0. The summed E-state index contributed by atoms with van der Waals surface area (Å²) in [5.41, 5.74) is 2.09. The lowest BCUT2D eigenvalue weighted by Gasteiger charge is -2.37. The molecule has 1 amide bonds. The first-order valence-corrected chi connectivity index (χ1v) is 13.3. The van der Waals surface area contributed by atoms with Crippen LogP contribution in [0, 0.1) is 12.7 Å². The van der Waals surface area contributed by atoms with Crippen molar-refractivity contribution in [2.45, 2.75) is 25.5 Å². The first-order chi connectivity index (χ1) is 17.9. The molecule has 1 aromatic heterocycles. The number of halogens is 1. The average Bonchev–Trinajstić information content (AvgIpc) is 3.37. The van der Waals surface area contributed by atoms with Crippen LogP contribution >= 0.6 is 11.3 Å². The van der Waals surface area contributed by atoms with Crippen molar-refractivity contribution in [1.29, 1.82) is 0 Å². The van der Waals surface area contributed by atoms with Crippen LogP contribution in [0.5, 0.6) is 11.5 Å². The van der Waals surface area contributed by atoms with Crippen molar-refractivity contribution in [3.05, 3.63) is 94.5 Å². The maximum absolute atomic E-state index is 13.5. The van der Waals surface area contributed by atoms with Crippen LogP contribution < -0.4 is 9.47 Å². The molecule has 1 aliphatic rings. The molecule has 2 heterocycles. The van der Waals surface area contributed by atoms with Gasteiger partial charge in [-0.1, -0.05) is 24.3 Å². The lowest BCUT2D eigenvalue weighted by atomic mass is 10.0. The molecule has 3 aromatic rings. The molecule has 4 rings (SSSR count). The van der Waals surface area contributed by atoms with Gasteiger partial charge < -0.3 is 19.5 Å². The lowest BCUT2D eigenvalue weighted by molar-refractivity contribution is -0.136. The van der Waals surface area contributed by atoms with Crippen molar-refractivity contribution in [2.75, 3.05) is 39.4 Å². The number of rotatable bonds is 12. The van der Waals surface area contributed by atoms with E-state index in [1.165, 1.54) is 17.0 Å². The van der Waals surface area contributed by atoms with Gasteiger partial charge in [-0.05, 0) is 66.2 Å². The zero-order valence-electron chi connectivity index (χ0n) is 21.0. The van der Waals surface area contributed by atoms with Gasteiger partial charge in [-0.25, -0.2) is 4.39 Å². The number of carbonyl (C=O) groups excluding carboxylic acids is 1. The van der Waals surface area contributed by atoms with E-state index in [0.717, 1.165) is 23.3 Å². The zero-order chi connectivity index (χ0) is 26.2. The van der Waals surface area contributed by atoms with E-state index in [9.17, 15) is 14.3 Å². The van der Waals surface area contributed by atoms with Crippen LogP contribution in [0.2, 0.25) is 0 Å². The van der Waals surface area contributed by atoms with Gasteiger partial charge in [-0.15, -0.1) is 17.9 Å². The molecule has 2 atom stereocenters. The number of carbonyl (C=O) groups is 1. The average molecular weight is 525 g/mol. The zero-order valence-corrected chi connectivity index (χ0v) is 21.8. The number of para-hydroxylation sites is 1. The van der Waals surface area contributed by atoms with Gasteiger partial charge in [0.1, 0.15) is 36.6 Å². The molecule has 0 bridgehead atoms. The maximum atomic E-state index is 13.5. The van der Waals surface area contributed by atoms with Gasteiger partial charge in [0.2, 0.25) is 5.91 Å². The molecule has 0 saturated carbocycles. The number of aryl methyl sites for hydroxylation is 1. The molecule has 0 saturated heterocycles. The highest BCUT2D eigenvalue weighted by Crippen LogP contribution is 2.34. The molecule has 8 heteroatoms. The molecule has 2 aromatic carbocycles. The SMILES string of the molecule is C=CCN(CC(=O)N1CCc2sccc2C1COc1ccc(F)cc1)CC(O)COc1ccccc1C. The van der Waals surface area contributed by atoms with Crippen LogP contribution in [0.4, 0.5) is 4.39 Å². The van der Waals surface area contributed by atoms with E-state index in [2.05, 4.69) is 6.58 Å². The number of hydrogen-bond donors (Lipinski definition) is 1. The second-order valence-corrected chi connectivity index (χ2v) is 10.1. The predicted molar refractivity (Wildman–Crippen MR) is 144 cm³/mol. The molecular formula is C29H33FN2O4S. The summed E-state index contributed by atoms with van der Waals surface area (Å²) in [5, 5.41) is 12.7. The van der Waals surface area contributed by atoms with Crippen LogP contribution in [-0.4, -0.2) is 66.3 Å². The van der Waals surface area contributed by atoms with Crippen molar-refractivity contribution in [3.8, 4) is 11.5 Å². The van der Waals surface area contributed by atoms with Crippen molar-refractivity contribution in [2.24, 2.45) is 0 Å². The van der Waals surface area contributed by atoms with E-state index in [1.54, 1.807) is 29.5 Å². The Morgan fingerprint density at radius 1 is 1.24 bits per heavy atom. The van der Waals surface area contributed by atoms with Gasteiger partial charge in [0.05, 0.1) is 12.6 Å². The molecule has 196 valence electrons. The van der Waals surface area contributed by atoms with E-state index in [1.807, 2.05) is 52.4 Å². The number of aliphatic hydroxyl groups is 1. The molecule has 1 N–H and O–H groups in total. The molecule has 2 unspecified atom stereocenters. The van der Waals surface area contributed by atoms with E-state index in [0.29, 0.717) is 18.8 Å². The van der Waals surface area contributed by atoms with Crippen LogP contribution in [0.15, 0.2) is 72.6 Å². The fourth-order valence-corrected chi connectivity index (χ4v) is 5.43. The van der Waals surface area contributed by atoms with E-state index in [4.69, 9.17) is 9.47 Å². The number of hydrogen-bond acceptors (Lipinski definition) is 6. The van der Waals surface area contributed by atoms with Crippen LogP contribution in [-0.2, 0) is 11.2 Å². The molecular weight excluding hydrogens is 491 g/mol. The summed E-state index contributed by atoms with van der Waals surface area (Å²) in [6.45, 7) is 7.63. The molecule has 37 heavy (non-hydrogen) atoms. The summed E-state index contributed by atoms with van der Waals surface area (Å²) in [6, 6.07) is 15.4. The van der Waals surface area contributed by atoms with Gasteiger partial charge in [-0.2, -0.15) is 0 Å². The Morgan fingerprint density at radius 2 is 2.03 bits per heavy atom. The fourth-order valence-electron chi connectivity index (χ4n) is 4.50. The first kappa shape index (κ1) is 26.9. The summed E-state index contributed by atoms with van der Waals surface area (Å²) in [6.07, 6.45) is 1.75. The Hall–Kier alpha value is -3.20. The van der Waals surface area contributed by atoms with Gasteiger partial charge in [0.15, 0.2) is 0 Å².